The van der Waals surface area contributed by atoms with E-state index in [1.165, 1.54) is 22.4 Å². The SMILES string of the molecule is C=CC1=C(/C=C\C)Cc2cccc(C)c2N1. The third-order valence-electron chi connectivity index (χ3n) is 2.92. The van der Waals surface area contributed by atoms with Gasteiger partial charge in [0, 0.05) is 17.8 Å². The highest BCUT2D eigenvalue weighted by molar-refractivity contribution is 5.67. The van der Waals surface area contributed by atoms with Crippen LogP contribution in [0.15, 0.2) is 54.3 Å². The van der Waals surface area contributed by atoms with Gasteiger partial charge in [-0.3, -0.25) is 0 Å². The fourth-order valence-electron chi connectivity index (χ4n) is 2.10. The first-order valence-electron chi connectivity index (χ1n) is 5.60. The molecule has 0 spiro atoms. The molecular formula is C15H17N. The van der Waals surface area contributed by atoms with Gasteiger partial charge in [0.2, 0.25) is 0 Å². The average molecular weight is 211 g/mol. The summed E-state index contributed by atoms with van der Waals surface area (Å²) in [4.78, 5) is 0. The second-order valence-electron chi connectivity index (χ2n) is 4.05. The van der Waals surface area contributed by atoms with Crippen LogP contribution < -0.4 is 5.32 Å². The molecular weight excluding hydrogens is 194 g/mol. The van der Waals surface area contributed by atoms with Gasteiger partial charge in [0.05, 0.1) is 0 Å². The zero-order valence-corrected chi connectivity index (χ0v) is 9.88. The minimum Gasteiger partial charge on any atom is -0.355 e. The van der Waals surface area contributed by atoms with Crippen molar-refractivity contribution in [1.29, 1.82) is 0 Å². The Balaban J connectivity index is 2.47. The van der Waals surface area contributed by atoms with Crippen LogP contribution >= 0.6 is 0 Å². The molecule has 0 bridgehead atoms. The third-order valence-corrected chi connectivity index (χ3v) is 2.92. The number of aryl methyl sites for hydroxylation is 1. The van der Waals surface area contributed by atoms with E-state index in [4.69, 9.17) is 0 Å². The fraction of sp³-hybridized carbons (Fsp3) is 0.200. The second-order valence-corrected chi connectivity index (χ2v) is 4.05. The highest BCUT2D eigenvalue weighted by Crippen LogP contribution is 2.31. The van der Waals surface area contributed by atoms with Crippen LogP contribution in [0, 0.1) is 6.92 Å². The Labute approximate surface area is 97.2 Å². The molecule has 0 aromatic heterocycles. The Hall–Kier alpha value is -1.76. The van der Waals surface area contributed by atoms with Crippen LogP contribution in [-0.4, -0.2) is 0 Å². The number of allylic oxidation sites excluding steroid dienone is 4. The number of rotatable bonds is 2. The molecule has 1 nitrogen and oxygen atoms in total. The molecule has 1 heteroatoms. The third kappa shape index (κ3) is 1.81. The maximum atomic E-state index is 3.87. The van der Waals surface area contributed by atoms with Gasteiger partial charge in [-0.15, -0.1) is 0 Å². The number of anilines is 1. The molecule has 16 heavy (non-hydrogen) atoms. The van der Waals surface area contributed by atoms with E-state index in [0.717, 1.165) is 12.1 Å². The Morgan fingerprint density at radius 3 is 2.88 bits per heavy atom. The first kappa shape index (κ1) is 10.7. The zero-order chi connectivity index (χ0) is 11.5. The summed E-state index contributed by atoms with van der Waals surface area (Å²) in [6.07, 6.45) is 7.09. The molecule has 0 atom stereocenters. The molecule has 0 amide bonds. The van der Waals surface area contributed by atoms with E-state index in [2.05, 4.69) is 49.2 Å². The molecule has 0 saturated heterocycles. The molecule has 0 fully saturated rings. The fourth-order valence-corrected chi connectivity index (χ4v) is 2.10. The van der Waals surface area contributed by atoms with Crippen LogP contribution in [0.1, 0.15) is 18.1 Å². The van der Waals surface area contributed by atoms with Gasteiger partial charge < -0.3 is 5.32 Å². The van der Waals surface area contributed by atoms with E-state index in [1.807, 2.05) is 13.0 Å². The van der Waals surface area contributed by atoms with E-state index in [-0.39, 0.29) is 0 Å². The van der Waals surface area contributed by atoms with Gasteiger partial charge in [-0.2, -0.15) is 0 Å². The van der Waals surface area contributed by atoms with Gasteiger partial charge in [0.1, 0.15) is 0 Å². The molecule has 1 aromatic rings. The highest BCUT2D eigenvalue weighted by Gasteiger charge is 2.15. The van der Waals surface area contributed by atoms with Gasteiger partial charge in [-0.1, -0.05) is 36.9 Å². The smallest absolute Gasteiger partial charge is 0.0449 e. The van der Waals surface area contributed by atoms with Gasteiger partial charge in [0.15, 0.2) is 0 Å². The number of hydrogen-bond donors (Lipinski definition) is 1. The van der Waals surface area contributed by atoms with E-state index in [9.17, 15) is 0 Å². The quantitative estimate of drug-likeness (QED) is 0.780. The molecule has 1 aliphatic heterocycles. The van der Waals surface area contributed by atoms with Crippen LogP contribution in [0.25, 0.3) is 0 Å². The molecule has 0 unspecified atom stereocenters. The summed E-state index contributed by atoms with van der Waals surface area (Å²) in [6.45, 7) is 8.04. The van der Waals surface area contributed by atoms with Crippen molar-refractivity contribution in [3.05, 3.63) is 65.4 Å². The molecule has 0 radical (unpaired) electrons. The molecule has 82 valence electrons. The topological polar surface area (TPSA) is 12.0 Å². The number of hydrogen-bond acceptors (Lipinski definition) is 1. The van der Waals surface area contributed by atoms with Crippen LogP contribution in [0.4, 0.5) is 5.69 Å². The van der Waals surface area contributed by atoms with Crippen molar-refractivity contribution in [3.63, 3.8) is 0 Å². The lowest BCUT2D eigenvalue weighted by molar-refractivity contribution is 1.11. The van der Waals surface area contributed by atoms with Crippen molar-refractivity contribution in [2.45, 2.75) is 20.3 Å². The highest BCUT2D eigenvalue weighted by atomic mass is 14.9. The van der Waals surface area contributed by atoms with Gasteiger partial charge in [0.25, 0.3) is 0 Å². The van der Waals surface area contributed by atoms with Crippen molar-refractivity contribution >= 4 is 5.69 Å². The summed E-state index contributed by atoms with van der Waals surface area (Å²) < 4.78 is 0. The lowest BCUT2D eigenvalue weighted by Crippen LogP contribution is -2.11. The lowest BCUT2D eigenvalue weighted by atomic mass is 9.95. The first-order chi connectivity index (χ1) is 7.76. The molecule has 1 heterocycles. The predicted octanol–water partition coefficient (Wildman–Crippen LogP) is 3.98. The van der Waals surface area contributed by atoms with Crippen LogP contribution in [-0.2, 0) is 6.42 Å². The Bertz CT molecular complexity index is 478. The summed E-state index contributed by atoms with van der Waals surface area (Å²) >= 11 is 0. The predicted molar refractivity (Wildman–Crippen MR) is 70.5 cm³/mol. The minimum absolute atomic E-state index is 0.982. The summed E-state index contributed by atoms with van der Waals surface area (Å²) in [5.74, 6) is 0. The first-order valence-corrected chi connectivity index (χ1v) is 5.60. The maximum absolute atomic E-state index is 3.87. The minimum atomic E-state index is 0.982. The maximum Gasteiger partial charge on any atom is 0.0449 e. The number of fused-ring (bicyclic) bond motifs is 1. The number of nitrogens with one attached hydrogen (secondary N) is 1. The Kier molecular flexibility index (Phi) is 2.95. The van der Waals surface area contributed by atoms with Crippen molar-refractivity contribution < 1.29 is 0 Å². The van der Waals surface area contributed by atoms with Gasteiger partial charge >= 0.3 is 0 Å². The second kappa shape index (κ2) is 4.40. The van der Waals surface area contributed by atoms with E-state index in [0.29, 0.717) is 0 Å². The normalized spacial score (nSPS) is 14.9. The van der Waals surface area contributed by atoms with Crippen LogP contribution in [0.3, 0.4) is 0 Å². The summed E-state index contributed by atoms with van der Waals surface area (Å²) in [5, 5.41) is 3.46. The van der Waals surface area contributed by atoms with Gasteiger partial charge in [-0.05, 0) is 36.6 Å². The number of benzene rings is 1. The van der Waals surface area contributed by atoms with Crippen molar-refractivity contribution in [2.24, 2.45) is 0 Å². The Morgan fingerprint density at radius 1 is 1.38 bits per heavy atom. The lowest BCUT2D eigenvalue weighted by Gasteiger charge is -2.23. The molecule has 1 N–H and O–H groups in total. The van der Waals surface area contributed by atoms with Crippen molar-refractivity contribution in [3.8, 4) is 0 Å². The largest absolute Gasteiger partial charge is 0.355 e. The Morgan fingerprint density at radius 2 is 2.19 bits per heavy atom. The van der Waals surface area contributed by atoms with E-state index < -0.39 is 0 Å². The average Bonchev–Trinajstić information content (AvgIpc) is 2.29. The zero-order valence-electron chi connectivity index (χ0n) is 9.88. The molecule has 0 saturated carbocycles. The van der Waals surface area contributed by atoms with E-state index >= 15 is 0 Å². The van der Waals surface area contributed by atoms with Crippen LogP contribution in [0.2, 0.25) is 0 Å². The summed E-state index contributed by atoms with van der Waals surface area (Å²) in [6, 6.07) is 6.42. The van der Waals surface area contributed by atoms with Gasteiger partial charge in [-0.25, -0.2) is 0 Å². The molecule has 1 aromatic carbocycles. The van der Waals surface area contributed by atoms with Crippen molar-refractivity contribution in [1.82, 2.24) is 0 Å². The molecule has 0 aliphatic carbocycles. The number of para-hydroxylation sites is 1. The standard InChI is InChI=1S/C15H17N/c1-4-7-12-10-13-9-6-8-11(3)15(13)16-14(12)5-2/h4-9,16H,2,10H2,1,3H3/b7-4-. The summed E-state index contributed by atoms with van der Waals surface area (Å²) in [5.41, 5.74) is 6.32. The van der Waals surface area contributed by atoms with E-state index in [1.54, 1.807) is 0 Å². The van der Waals surface area contributed by atoms with Crippen molar-refractivity contribution in [2.75, 3.05) is 5.32 Å². The molecule has 2 rings (SSSR count). The van der Waals surface area contributed by atoms with Crippen LogP contribution in [0.5, 0.6) is 0 Å². The summed E-state index contributed by atoms with van der Waals surface area (Å²) in [7, 11) is 0. The monoisotopic (exact) mass is 211 g/mol. The molecule has 1 aliphatic rings.